The average molecular weight is 631 g/mol. The van der Waals surface area contributed by atoms with Crippen LogP contribution in [-0.2, 0) is 14.9 Å². The Bertz CT molecular complexity index is 1170. The minimum absolute atomic E-state index is 0.0206. The second-order valence-electron chi connectivity index (χ2n) is 12.0. The fourth-order valence-electron chi connectivity index (χ4n) is 6.12. The van der Waals surface area contributed by atoms with Crippen molar-refractivity contribution in [1.82, 2.24) is 0 Å². The topological polar surface area (TPSA) is 66.8 Å². The Morgan fingerprint density at radius 3 is 2.19 bits per heavy atom. The summed E-state index contributed by atoms with van der Waals surface area (Å²) in [4.78, 5) is 12.9. The Morgan fingerprint density at radius 1 is 0.930 bits per heavy atom. The van der Waals surface area contributed by atoms with Crippen LogP contribution in [0.15, 0.2) is 47.4 Å². The summed E-state index contributed by atoms with van der Waals surface area (Å²) in [5, 5.41) is 19.8. The van der Waals surface area contributed by atoms with Gasteiger partial charge in [0.05, 0.1) is 7.11 Å². The van der Waals surface area contributed by atoms with Crippen LogP contribution in [0.5, 0.6) is 11.5 Å². The zero-order valence-electron chi connectivity index (χ0n) is 24.9. The van der Waals surface area contributed by atoms with Gasteiger partial charge in [-0.15, -0.1) is 11.8 Å². The summed E-state index contributed by atoms with van der Waals surface area (Å²) in [6.07, 6.45) is 0.255. The first-order valence-corrected chi connectivity index (χ1v) is 16.0. The highest BCUT2D eigenvalue weighted by Crippen LogP contribution is 2.52. The van der Waals surface area contributed by atoms with E-state index < -0.39 is 24.5 Å². The molecule has 0 aliphatic carbocycles. The summed E-state index contributed by atoms with van der Waals surface area (Å²) in [5.41, 5.74) is 2.26. The molecule has 0 radical (unpaired) electrons. The standard InChI is InChI=1S/C33H43F5O4S/c1-31(24-13-15-25(39)16-14-24)22-43-29-21-26(40)17-18-27(29)28(31)12-8-6-4-3-5-7-10-23(20-30(41)42-2)11-9-19-32(34,35)33(36,37)38/h13-18,21,23,28,39-40H,3-12,19-20,22H2,1-2H3/t23?,28-,31-/m1/s1. The average Bonchev–Trinajstić information content (AvgIpc) is 2.94. The fourth-order valence-corrected chi connectivity index (χ4v) is 7.52. The number of esters is 1. The molecule has 2 aromatic rings. The molecule has 0 fully saturated rings. The van der Waals surface area contributed by atoms with Crippen LogP contribution < -0.4 is 0 Å². The molecule has 10 heteroatoms. The van der Waals surface area contributed by atoms with Crippen LogP contribution in [0, 0.1) is 5.92 Å². The molecule has 2 N–H and O–H groups in total. The molecule has 1 aliphatic heterocycles. The van der Waals surface area contributed by atoms with Gasteiger partial charge in [0, 0.05) is 28.9 Å². The molecule has 43 heavy (non-hydrogen) atoms. The predicted molar refractivity (Wildman–Crippen MR) is 159 cm³/mol. The number of hydrogen-bond acceptors (Lipinski definition) is 5. The first kappa shape index (κ1) is 35.0. The lowest BCUT2D eigenvalue weighted by Crippen LogP contribution is -2.36. The van der Waals surface area contributed by atoms with E-state index in [2.05, 4.69) is 11.7 Å². The number of unbranched alkanes of at least 4 members (excludes halogenated alkanes) is 5. The van der Waals surface area contributed by atoms with Gasteiger partial charge in [-0.3, -0.25) is 4.79 Å². The maximum absolute atomic E-state index is 13.3. The first-order valence-electron chi connectivity index (χ1n) is 15.0. The minimum Gasteiger partial charge on any atom is -0.508 e. The molecule has 0 aromatic heterocycles. The molecule has 240 valence electrons. The van der Waals surface area contributed by atoms with Crippen molar-refractivity contribution in [3.63, 3.8) is 0 Å². The number of benzene rings is 2. The Labute approximate surface area is 255 Å². The summed E-state index contributed by atoms with van der Waals surface area (Å²) < 4.78 is 68.7. The molecule has 3 rings (SSSR count). The summed E-state index contributed by atoms with van der Waals surface area (Å²) in [6, 6.07) is 13.0. The number of hydrogen-bond donors (Lipinski definition) is 2. The number of phenols is 2. The summed E-state index contributed by atoms with van der Waals surface area (Å²) in [5.74, 6) is -3.88. The first-order chi connectivity index (χ1) is 20.3. The van der Waals surface area contributed by atoms with Crippen molar-refractivity contribution in [2.45, 2.75) is 112 Å². The molecule has 2 aromatic carbocycles. The van der Waals surface area contributed by atoms with E-state index in [1.807, 2.05) is 24.3 Å². The molecule has 4 nitrogen and oxygen atoms in total. The van der Waals surface area contributed by atoms with Gasteiger partial charge in [-0.25, -0.2) is 0 Å². The van der Waals surface area contributed by atoms with Gasteiger partial charge in [-0.2, -0.15) is 22.0 Å². The number of halogens is 5. The Hall–Kier alpha value is -2.49. The van der Waals surface area contributed by atoms with Crippen molar-refractivity contribution in [3.8, 4) is 11.5 Å². The van der Waals surface area contributed by atoms with E-state index in [0.717, 1.165) is 55.6 Å². The SMILES string of the molecule is COC(=O)CC(CCCCCCCC[C@@H]1c2ccc(O)cc2SC[C@]1(C)c1ccc(O)cc1)CCCC(F)(F)C(F)(F)F. The van der Waals surface area contributed by atoms with Gasteiger partial charge in [0.1, 0.15) is 11.5 Å². The molecule has 1 heterocycles. The fraction of sp³-hybridized carbons (Fsp3) is 0.606. The summed E-state index contributed by atoms with van der Waals surface area (Å²) >= 11 is 1.74. The highest BCUT2D eigenvalue weighted by atomic mass is 32.2. The Morgan fingerprint density at radius 2 is 1.53 bits per heavy atom. The lowest BCUT2D eigenvalue weighted by Gasteiger charge is -2.43. The van der Waals surface area contributed by atoms with Crippen LogP contribution in [-0.4, -0.2) is 41.1 Å². The van der Waals surface area contributed by atoms with Gasteiger partial charge in [0.25, 0.3) is 0 Å². The van der Waals surface area contributed by atoms with Crippen molar-refractivity contribution in [2.75, 3.05) is 12.9 Å². The molecular weight excluding hydrogens is 587 g/mol. The van der Waals surface area contributed by atoms with Crippen molar-refractivity contribution < 1.29 is 41.7 Å². The van der Waals surface area contributed by atoms with Crippen LogP contribution in [0.2, 0.25) is 0 Å². The molecule has 0 amide bonds. The van der Waals surface area contributed by atoms with E-state index in [1.54, 1.807) is 30.0 Å². The third kappa shape index (κ3) is 9.75. The van der Waals surface area contributed by atoms with Gasteiger partial charge in [0.15, 0.2) is 0 Å². The number of rotatable bonds is 16. The summed E-state index contributed by atoms with van der Waals surface area (Å²) in [7, 11) is 1.24. The highest BCUT2D eigenvalue weighted by molar-refractivity contribution is 7.99. The maximum Gasteiger partial charge on any atom is 0.453 e. The molecule has 3 atom stereocenters. The third-order valence-corrected chi connectivity index (χ3v) is 10.2. The lowest BCUT2D eigenvalue weighted by molar-refractivity contribution is -0.284. The van der Waals surface area contributed by atoms with Gasteiger partial charge in [-0.1, -0.05) is 63.6 Å². The number of methoxy groups -OCH3 is 1. The molecular formula is C33H43F5O4S. The number of aromatic hydroxyl groups is 2. The van der Waals surface area contributed by atoms with E-state index in [1.165, 1.54) is 18.2 Å². The van der Waals surface area contributed by atoms with Crippen LogP contribution in [0.4, 0.5) is 22.0 Å². The third-order valence-electron chi connectivity index (χ3n) is 8.75. The minimum atomic E-state index is -5.56. The number of phenolic OH excluding ortho intramolecular Hbond substituents is 2. The zero-order valence-corrected chi connectivity index (χ0v) is 25.7. The maximum atomic E-state index is 13.3. The van der Waals surface area contributed by atoms with Gasteiger partial charge in [0.2, 0.25) is 0 Å². The quantitative estimate of drug-likeness (QED) is 0.110. The Kier molecular flexibility index (Phi) is 12.6. The van der Waals surface area contributed by atoms with Crippen LogP contribution in [0.3, 0.4) is 0 Å². The molecule has 0 bridgehead atoms. The van der Waals surface area contributed by atoms with Crippen molar-refractivity contribution in [1.29, 1.82) is 0 Å². The normalized spacial score (nSPS) is 19.6. The van der Waals surface area contributed by atoms with Crippen molar-refractivity contribution in [2.24, 2.45) is 5.92 Å². The summed E-state index contributed by atoms with van der Waals surface area (Å²) in [6.45, 7) is 2.27. The van der Waals surface area contributed by atoms with Crippen LogP contribution in [0.25, 0.3) is 0 Å². The number of carbonyl (C=O) groups excluding carboxylic acids is 1. The Balaban J connectivity index is 1.47. The predicted octanol–water partition coefficient (Wildman–Crippen LogP) is 9.91. The number of thioether (sulfide) groups is 1. The molecule has 1 aliphatic rings. The van der Waals surface area contributed by atoms with Crippen LogP contribution in [0.1, 0.15) is 101 Å². The smallest absolute Gasteiger partial charge is 0.453 e. The number of ether oxygens (including phenoxy) is 1. The lowest BCUT2D eigenvalue weighted by atomic mass is 9.68. The zero-order chi connectivity index (χ0) is 31.7. The monoisotopic (exact) mass is 630 g/mol. The molecule has 0 saturated heterocycles. The van der Waals surface area contributed by atoms with Gasteiger partial charge >= 0.3 is 18.1 Å². The van der Waals surface area contributed by atoms with Crippen molar-refractivity contribution >= 4 is 17.7 Å². The van der Waals surface area contributed by atoms with E-state index in [9.17, 15) is 37.0 Å². The number of fused-ring (bicyclic) bond motifs is 1. The van der Waals surface area contributed by atoms with E-state index in [0.29, 0.717) is 6.42 Å². The highest BCUT2D eigenvalue weighted by Gasteiger charge is 2.56. The van der Waals surface area contributed by atoms with E-state index >= 15 is 0 Å². The number of carbonyl (C=O) groups is 1. The van der Waals surface area contributed by atoms with Crippen molar-refractivity contribution in [3.05, 3.63) is 53.6 Å². The second-order valence-corrected chi connectivity index (χ2v) is 13.0. The van der Waals surface area contributed by atoms with E-state index in [-0.39, 0.29) is 48.0 Å². The van der Waals surface area contributed by atoms with Gasteiger partial charge in [-0.05, 0) is 72.9 Å². The number of alkyl halides is 5. The van der Waals surface area contributed by atoms with E-state index in [4.69, 9.17) is 0 Å². The molecule has 0 spiro atoms. The molecule has 0 saturated carbocycles. The van der Waals surface area contributed by atoms with Gasteiger partial charge < -0.3 is 14.9 Å². The molecule has 1 unspecified atom stereocenters. The van der Waals surface area contributed by atoms with Crippen LogP contribution >= 0.6 is 11.8 Å². The largest absolute Gasteiger partial charge is 0.508 e. The second kappa shape index (κ2) is 15.5.